The molecule has 0 spiro atoms. The Morgan fingerprint density at radius 2 is 2.00 bits per heavy atom. The second-order valence-electron chi connectivity index (χ2n) is 5.53. The number of nitrogens with one attached hydrogen (secondary N) is 1. The van der Waals surface area contributed by atoms with Crippen LogP contribution in [0.3, 0.4) is 0 Å². The first-order valence-electron chi connectivity index (χ1n) is 7.16. The van der Waals surface area contributed by atoms with Crippen molar-refractivity contribution in [2.45, 2.75) is 65.5 Å². The van der Waals surface area contributed by atoms with Gasteiger partial charge >= 0.3 is 0 Å². The molecule has 0 saturated carbocycles. The van der Waals surface area contributed by atoms with Gasteiger partial charge < -0.3 is 5.32 Å². The lowest BCUT2D eigenvalue weighted by Gasteiger charge is -2.42. The Labute approximate surface area is 102 Å². The van der Waals surface area contributed by atoms with Crippen LogP contribution in [0.2, 0.25) is 0 Å². The molecule has 1 rings (SSSR count). The maximum atomic E-state index is 3.68. The molecule has 2 nitrogen and oxygen atoms in total. The van der Waals surface area contributed by atoms with E-state index in [4.69, 9.17) is 0 Å². The Hall–Kier alpha value is -0.0800. The molecule has 0 amide bonds. The summed E-state index contributed by atoms with van der Waals surface area (Å²) in [7, 11) is 0. The average molecular weight is 226 g/mol. The number of hydrogen-bond acceptors (Lipinski definition) is 2. The number of hydrogen-bond donors (Lipinski definition) is 1. The van der Waals surface area contributed by atoms with E-state index in [1.165, 1.54) is 45.3 Å². The molecule has 0 aromatic carbocycles. The van der Waals surface area contributed by atoms with E-state index < -0.39 is 0 Å². The third-order valence-corrected chi connectivity index (χ3v) is 3.85. The molecule has 96 valence electrons. The highest BCUT2D eigenvalue weighted by Gasteiger charge is 2.28. The van der Waals surface area contributed by atoms with E-state index in [0.29, 0.717) is 0 Å². The molecule has 1 N–H and O–H groups in total. The van der Waals surface area contributed by atoms with Crippen LogP contribution in [0.1, 0.15) is 53.4 Å². The van der Waals surface area contributed by atoms with Crippen molar-refractivity contribution < 1.29 is 0 Å². The fraction of sp³-hybridized carbons (Fsp3) is 1.00. The van der Waals surface area contributed by atoms with E-state index in [-0.39, 0.29) is 0 Å². The van der Waals surface area contributed by atoms with Gasteiger partial charge in [0.05, 0.1) is 0 Å². The predicted molar refractivity (Wildman–Crippen MR) is 71.8 cm³/mol. The van der Waals surface area contributed by atoms with E-state index in [2.05, 4.69) is 37.9 Å². The van der Waals surface area contributed by atoms with Gasteiger partial charge in [-0.3, -0.25) is 4.90 Å². The van der Waals surface area contributed by atoms with Crippen LogP contribution in [-0.4, -0.2) is 36.6 Å². The van der Waals surface area contributed by atoms with Crippen molar-refractivity contribution in [1.82, 2.24) is 10.2 Å². The molecule has 16 heavy (non-hydrogen) atoms. The topological polar surface area (TPSA) is 15.3 Å². The molecule has 2 heteroatoms. The summed E-state index contributed by atoms with van der Waals surface area (Å²) in [5, 5.41) is 3.68. The average Bonchev–Trinajstić information content (AvgIpc) is 2.29. The normalized spacial score (nSPS) is 27.6. The van der Waals surface area contributed by atoms with Crippen LogP contribution in [0, 0.1) is 5.92 Å². The van der Waals surface area contributed by atoms with Crippen molar-refractivity contribution in [3.63, 3.8) is 0 Å². The van der Waals surface area contributed by atoms with Gasteiger partial charge in [-0.1, -0.05) is 40.5 Å². The molecule has 1 fully saturated rings. The fourth-order valence-corrected chi connectivity index (χ4v) is 2.65. The van der Waals surface area contributed by atoms with Crippen molar-refractivity contribution >= 4 is 0 Å². The number of nitrogens with zero attached hydrogens (tertiary/aromatic N) is 1. The molecule has 2 unspecified atom stereocenters. The highest BCUT2D eigenvalue weighted by molar-refractivity contribution is 4.87. The predicted octanol–water partition coefficient (Wildman–Crippen LogP) is 2.89. The first-order chi connectivity index (χ1) is 7.69. The SMILES string of the molecule is CCCCCN1CC(CC)NCC1C(C)C. The number of unbranched alkanes of at least 4 members (excludes halogenated alkanes) is 2. The van der Waals surface area contributed by atoms with E-state index in [9.17, 15) is 0 Å². The quantitative estimate of drug-likeness (QED) is 0.701. The maximum Gasteiger partial charge on any atom is 0.0244 e. The van der Waals surface area contributed by atoms with E-state index in [1.54, 1.807) is 0 Å². The van der Waals surface area contributed by atoms with Crippen LogP contribution in [-0.2, 0) is 0 Å². The van der Waals surface area contributed by atoms with E-state index in [0.717, 1.165) is 18.0 Å². The van der Waals surface area contributed by atoms with Gasteiger partial charge in [-0.05, 0) is 25.3 Å². The molecule has 1 aliphatic heterocycles. The minimum absolute atomic E-state index is 0.719. The highest BCUT2D eigenvalue weighted by Crippen LogP contribution is 2.17. The molecular formula is C14H30N2. The molecule has 0 aliphatic carbocycles. The van der Waals surface area contributed by atoms with Crippen LogP contribution in [0.25, 0.3) is 0 Å². The summed E-state index contributed by atoms with van der Waals surface area (Å²) in [6.45, 7) is 13.0. The lowest BCUT2D eigenvalue weighted by atomic mass is 9.97. The zero-order chi connectivity index (χ0) is 12.0. The van der Waals surface area contributed by atoms with Crippen molar-refractivity contribution in [3.8, 4) is 0 Å². The molecule has 1 saturated heterocycles. The van der Waals surface area contributed by atoms with Crippen LogP contribution in [0.4, 0.5) is 0 Å². The van der Waals surface area contributed by atoms with Crippen molar-refractivity contribution in [2.24, 2.45) is 5.92 Å². The summed E-state index contributed by atoms with van der Waals surface area (Å²) in [6.07, 6.45) is 5.34. The summed E-state index contributed by atoms with van der Waals surface area (Å²) in [5.74, 6) is 0.770. The largest absolute Gasteiger partial charge is 0.311 e. The molecular weight excluding hydrogens is 196 g/mol. The monoisotopic (exact) mass is 226 g/mol. The third kappa shape index (κ3) is 4.06. The summed E-state index contributed by atoms with van der Waals surface area (Å²) in [6, 6.07) is 1.47. The number of piperazine rings is 1. The van der Waals surface area contributed by atoms with E-state index >= 15 is 0 Å². The minimum Gasteiger partial charge on any atom is -0.311 e. The van der Waals surface area contributed by atoms with Crippen LogP contribution >= 0.6 is 0 Å². The Bertz CT molecular complexity index is 180. The lowest BCUT2D eigenvalue weighted by Crippen LogP contribution is -2.58. The van der Waals surface area contributed by atoms with Gasteiger partial charge in [0.15, 0.2) is 0 Å². The minimum atomic E-state index is 0.719. The van der Waals surface area contributed by atoms with Gasteiger partial charge in [0.2, 0.25) is 0 Å². The Balaban J connectivity index is 2.43. The van der Waals surface area contributed by atoms with Crippen molar-refractivity contribution in [2.75, 3.05) is 19.6 Å². The molecule has 2 atom stereocenters. The summed E-state index contributed by atoms with van der Waals surface area (Å²) >= 11 is 0. The molecule has 1 heterocycles. The van der Waals surface area contributed by atoms with Crippen LogP contribution in [0.15, 0.2) is 0 Å². The molecule has 0 bridgehead atoms. The van der Waals surface area contributed by atoms with Crippen LogP contribution in [0.5, 0.6) is 0 Å². The summed E-state index contributed by atoms with van der Waals surface area (Å²) in [4.78, 5) is 2.73. The van der Waals surface area contributed by atoms with Gasteiger partial charge in [-0.25, -0.2) is 0 Å². The Morgan fingerprint density at radius 3 is 2.56 bits per heavy atom. The second-order valence-corrected chi connectivity index (χ2v) is 5.53. The summed E-state index contributed by atoms with van der Waals surface area (Å²) < 4.78 is 0. The third-order valence-electron chi connectivity index (χ3n) is 3.85. The lowest BCUT2D eigenvalue weighted by molar-refractivity contribution is 0.0953. The molecule has 0 radical (unpaired) electrons. The maximum absolute atomic E-state index is 3.68. The zero-order valence-corrected chi connectivity index (χ0v) is 11.6. The van der Waals surface area contributed by atoms with Crippen molar-refractivity contribution in [1.29, 1.82) is 0 Å². The van der Waals surface area contributed by atoms with Crippen molar-refractivity contribution in [3.05, 3.63) is 0 Å². The molecule has 0 aromatic rings. The fourth-order valence-electron chi connectivity index (χ4n) is 2.65. The Kier molecular flexibility index (Phi) is 6.37. The second kappa shape index (κ2) is 7.29. The van der Waals surface area contributed by atoms with Gasteiger partial charge in [0.1, 0.15) is 0 Å². The zero-order valence-electron chi connectivity index (χ0n) is 11.6. The molecule has 0 aromatic heterocycles. The highest BCUT2D eigenvalue weighted by atomic mass is 15.2. The van der Waals surface area contributed by atoms with Gasteiger partial charge in [-0.2, -0.15) is 0 Å². The number of rotatable bonds is 6. The smallest absolute Gasteiger partial charge is 0.0244 e. The van der Waals surface area contributed by atoms with E-state index in [1.807, 2.05) is 0 Å². The first-order valence-corrected chi connectivity index (χ1v) is 7.16. The first kappa shape index (κ1) is 14.0. The van der Waals surface area contributed by atoms with Gasteiger partial charge in [0, 0.05) is 25.2 Å². The molecule has 1 aliphatic rings. The van der Waals surface area contributed by atoms with Crippen LogP contribution < -0.4 is 5.32 Å². The summed E-state index contributed by atoms with van der Waals surface area (Å²) in [5.41, 5.74) is 0. The van der Waals surface area contributed by atoms with Gasteiger partial charge in [0.25, 0.3) is 0 Å². The standard InChI is InChI=1S/C14H30N2/c1-5-7-8-9-16-11-13(6-2)15-10-14(16)12(3)4/h12-15H,5-11H2,1-4H3. The Morgan fingerprint density at radius 1 is 1.25 bits per heavy atom. The van der Waals surface area contributed by atoms with Gasteiger partial charge in [-0.15, -0.1) is 0 Å².